The van der Waals surface area contributed by atoms with Crippen LogP contribution in [-0.2, 0) is 20.7 Å². The van der Waals surface area contributed by atoms with E-state index in [1.54, 1.807) is 6.08 Å². The third kappa shape index (κ3) is 8.91. The largest absolute Gasteiger partial charge is 0.463 e. The molecule has 0 saturated carbocycles. The van der Waals surface area contributed by atoms with Crippen LogP contribution >= 0.6 is 0 Å². The summed E-state index contributed by atoms with van der Waals surface area (Å²) in [6.45, 7) is 3.69. The average Bonchev–Trinajstić information content (AvgIpc) is 3.07. The first-order valence-corrected chi connectivity index (χ1v) is 10.9. The first kappa shape index (κ1) is 23.8. The normalized spacial score (nSPS) is 19.9. The summed E-state index contributed by atoms with van der Waals surface area (Å²) in [7, 11) is 0. The second kappa shape index (κ2) is 13.0. The molecule has 0 fully saturated rings. The molecule has 1 aromatic rings. The number of rotatable bonds is 12. The Hall–Kier alpha value is -2.46. The van der Waals surface area contributed by atoms with E-state index in [-0.39, 0.29) is 29.7 Å². The number of hydrogen-bond donors (Lipinski definition) is 1. The quantitative estimate of drug-likeness (QED) is 0.300. The molecule has 30 heavy (non-hydrogen) atoms. The number of benzene rings is 1. The number of unbranched alkanes of at least 4 members (excludes halogenated alkanes) is 1. The van der Waals surface area contributed by atoms with Crippen molar-refractivity contribution in [3.8, 4) is 0 Å². The zero-order valence-electron chi connectivity index (χ0n) is 18.1. The van der Waals surface area contributed by atoms with E-state index in [2.05, 4.69) is 12.1 Å². The number of aliphatic hydroxyl groups is 1. The number of ketones is 1. The van der Waals surface area contributed by atoms with Gasteiger partial charge in [0.2, 0.25) is 0 Å². The summed E-state index contributed by atoms with van der Waals surface area (Å²) in [5.41, 5.74) is 1.21. The monoisotopic (exact) mass is 410 g/mol. The van der Waals surface area contributed by atoms with Crippen LogP contribution in [-0.4, -0.2) is 29.1 Å². The van der Waals surface area contributed by atoms with Crippen LogP contribution in [0.4, 0.5) is 0 Å². The van der Waals surface area contributed by atoms with Crippen molar-refractivity contribution in [3.63, 3.8) is 0 Å². The molecule has 3 atom stereocenters. The number of aliphatic hydroxyl groups excluding tert-OH is 1. The highest BCUT2D eigenvalue weighted by Gasteiger charge is 2.27. The van der Waals surface area contributed by atoms with Crippen molar-refractivity contribution in [3.05, 3.63) is 72.4 Å². The summed E-state index contributed by atoms with van der Waals surface area (Å²) < 4.78 is 5.11. The predicted molar refractivity (Wildman–Crippen MR) is 120 cm³/mol. The fraction of sp³-hybridized carbons (Fsp3) is 0.462. The minimum Gasteiger partial charge on any atom is -0.463 e. The molecular weight excluding hydrogens is 376 g/mol. The third-order valence-electron chi connectivity index (χ3n) is 5.12. The molecule has 1 N–H and O–H groups in total. The van der Waals surface area contributed by atoms with Gasteiger partial charge < -0.3 is 9.84 Å². The van der Waals surface area contributed by atoms with Gasteiger partial charge in [0.1, 0.15) is 0 Å². The van der Waals surface area contributed by atoms with Crippen molar-refractivity contribution < 1.29 is 19.4 Å². The van der Waals surface area contributed by atoms with Crippen LogP contribution in [0.2, 0.25) is 0 Å². The van der Waals surface area contributed by atoms with Gasteiger partial charge in [0, 0.05) is 18.3 Å². The highest BCUT2D eigenvalue weighted by atomic mass is 16.5. The molecule has 1 aromatic carbocycles. The lowest BCUT2D eigenvalue weighted by molar-refractivity contribution is -0.147. The first-order valence-electron chi connectivity index (χ1n) is 10.9. The van der Waals surface area contributed by atoms with E-state index in [1.165, 1.54) is 5.56 Å². The molecular formula is C26H34O4. The van der Waals surface area contributed by atoms with E-state index in [1.807, 2.05) is 62.4 Å². The summed E-state index contributed by atoms with van der Waals surface area (Å²) in [5, 5.41) is 10.2. The number of hydrogen-bond acceptors (Lipinski definition) is 4. The topological polar surface area (TPSA) is 63.6 Å². The maximum Gasteiger partial charge on any atom is 0.306 e. The lowest BCUT2D eigenvalue weighted by atomic mass is 9.90. The zero-order valence-corrected chi connectivity index (χ0v) is 18.1. The minimum absolute atomic E-state index is 0.0227. The molecule has 3 unspecified atom stereocenters. The van der Waals surface area contributed by atoms with Crippen LogP contribution in [0.3, 0.4) is 0 Å². The van der Waals surface area contributed by atoms with Crippen molar-refractivity contribution in [2.75, 3.05) is 0 Å². The van der Waals surface area contributed by atoms with E-state index in [0.717, 1.165) is 19.3 Å². The van der Waals surface area contributed by atoms with E-state index in [0.29, 0.717) is 19.3 Å². The molecule has 2 rings (SSSR count). The van der Waals surface area contributed by atoms with Crippen LogP contribution in [0.25, 0.3) is 0 Å². The van der Waals surface area contributed by atoms with Gasteiger partial charge in [-0.15, -0.1) is 0 Å². The molecule has 4 heteroatoms. The van der Waals surface area contributed by atoms with Crippen LogP contribution in [0.1, 0.15) is 51.5 Å². The van der Waals surface area contributed by atoms with Gasteiger partial charge in [0.15, 0.2) is 5.78 Å². The van der Waals surface area contributed by atoms with Gasteiger partial charge in [-0.05, 0) is 57.6 Å². The molecule has 1 aliphatic rings. The molecule has 162 valence electrons. The number of allylic oxidation sites excluding steroid dienone is 5. The Morgan fingerprint density at radius 3 is 2.70 bits per heavy atom. The van der Waals surface area contributed by atoms with Crippen LogP contribution in [0.5, 0.6) is 0 Å². The van der Waals surface area contributed by atoms with E-state index in [4.69, 9.17) is 4.74 Å². The average molecular weight is 411 g/mol. The molecule has 0 heterocycles. The van der Waals surface area contributed by atoms with Crippen LogP contribution in [0.15, 0.2) is 66.8 Å². The molecule has 0 aliphatic heterocycles. The molecule has 4 nitrogen and oxygen atoms in total. The standard InChI is InChI=1S/C26H34O4/c1-20(2)30-26(29)13-9-4-3-8-12-24-22(16-19-25(24)28)15-18-23(27)17-14-21-10-6-5-7-11-21/h3,5-8,10-11,15-16,18-20,22-24,27H,4,9,12-14,17H2,1-2H3. The van der Waals surface area contributed by atoms with Gasteiger partial charge in [-0.1, -0.05) is 60.7 Å². The summed E-state index contributed by atoms with van der Waals surface area (Å²) in [6.07, 6.45) is 14.9. The zero-order chi connectivity index (χ0) is 21.8. The van der Waals surface area contributed by atoms with Crippen LogP contribution in [0, 0.1) is 11.8 Å². The van der Waals surface area contributed by atoms with Crippen molar-refractivity contribution in [1.82, 2.24) is 0 Å². The van der Waals surface area contributed by atoms with Crippen molar-refractivity contribution in [2.45, 2.75) is 64.6 Å². The Bertz CT molecular complexity index is 746. The lowest BCUT2D eigenvalue weighted by Crippen LogP contribution is -2.14. The molecule has 0 radical (unpaired) electrons. The smallest absolute Gasteiger partial charge is 0.306 e. The number of ether oxygens (including phenoxy) is 1. The Morgan fingerprint density at radius 1 is 1.20 bits per heavy atom. The van der Waals surface area contributed by atoms with E-state index in [9.17, 15) is 14.7 Å². The van der Waals surface area contributed by atoms with Gasteiger partial charge >= 0.3 is 5.97 Å². The Labute approximate surface area is 180 Å². The van der Waals surface area contributed by atoms with Crippen LogP contribution < -0.4 is 0 Å². The minimum atomic E-state index is -0.518. The molecule has 0 amide bonds. The van der Waals surface area contributed by atoms with E-state index >= 15 is 0 Å². The molecule has 0 bridgehead atoms. The second-order valence-corrected chi connectivity index (χ2v) is 8.06. The summed E-state index contributed by atoms with van der Waals surface area (Å²) in [5.74, 6) is -0.113. The Morgan fingerprint density at radius 2 is 1.97 bits per heavy atom. The maximum absolute atomic E-state index is 12.2. The summed E-state index contributed by atoms with van der Waals surface area (Å²) in [6, 6.07) is 10.1. The number of carbonyl (C=O) groups is 2. The number of carbonyl (C=O) groups excluding carboxylic acids is 2. The van der Waals surface area contributed by atoms with Gasteiger partial charge in [0.05, 0.1) is 12.2 Å². The van der Waals surface area contributed by atoms with Gasteiger partial charge in [-0.25, -0.2) is 0 Å². The lowest BCUT2D eigenvalue weighted by Gasteiger charge is -2.13. The Balaban J connectivity index is 1.71. The maximum atomic E-state index is 12.2. The highest BCUT2D eigenvalue weighted by Crippen LogP contribution is 2.27. The van der Waals surface area contributed by atoms with Gasteiger partial charge in [0.25, 0.3) is 0 Å². The number of esters is 1. The van der Waals surface area contributed by atoms with Crippen molar-refractivity contribution in [2.24, 2.45) is 11.8 Å². The molecule has 0 saturated heterocycles. The summed E-state index contributed by atoms with van der Waals surface area (Å²) >= 11 is 0. The summed E-state index contributed by atoms with van der Waals surface area (Å²) in [4.78, 5) is 23.7. The fourth-order valence-electron chi connectivity index (χ4n) is 3.48. The van der Waals surface area contributed by atoms with E-state index < -0.39 is 6.10 Å². The predicted octanol–water partition coefficient (Wildman–Crippen LogP) is 4.98. The number of aryl methyl sites for hydroxylation is 1. The third-order valence-corrected chi connectivity index (χ3v) is 5.12. The SMILES string of the molecule is CC(C)OC(=O)CCCC=CCC1C(=O)C=CC1C=CC(O)CCc1ccccc1. The van der Waals surface area contributed by atoms with Crippen molar-refractivity contribution >= 4 is 11.8 Å². The molecule has 0 aromatic heterocycles. The fourth-order valence-corrected chi connectivity index (χ4v) is 3.48. The van der Waals surface area contributed by atoms with Gasteiger partial charge in [-0.3, -0.25) is 9.59 Å². The van der Waals surface area contributed by atoms with Gasteiger partial charge in [-0.2, -0.15) is 0 Å². The highest BCUT2D eigenvalue weighted by molar-refractivity contribution is 5.95. The Kier molecular flexibility index (Phi) is 10.3. The molecule has 1 aliphatic carbocycles. The van der Waals surface area contributed by atoms with Crippen molar-refractivity contribution in [1.29, 1.82) is 0 Å². The first-order chi connectivity index (χ1) is 14.5. The molecule has 0 spiro atoms. The second-order valence-electron chi connectivity index (χ2n) is 8.06.